The zero-order valence-electron chi connectivity index (χ0n) is 11.3. The maximum atomic E-state index is 11.7. The average molecular weight is 276 g/mol. The number of benzene rings is 1. The second-order valence-electron chi connectivity index (χ2n) is 4.15. The summed E-state index contributed by atoms with van der Waals surface area (Å²) in [6, 6.07) is 9.93. The Bertz CT molecular complexity index is 639. The summed E-state index contributed by atoms with van der Waals surface area (Å²) >= 11 is 0. The lowest BCUT2D eigenvalue weighted by molar-refractivity contribution is 0.144. The van der Waals surface area contributed by atoms with Gasteiger partial charge in [0.15, 0.2) is 0 Å². The van der Waals surface area contributed by atoms with Crippen molar-refractivity contribution >= 4 is 0 Å². The molecule has 0 fully saturated rings. The lowest BCUT2D eigenvalue weighted by atomic mass is 10.1. The standard InChI is InChI=1S/C14H16N2O4/c1-19-12-6-4-3-5-10(12)11(17)9-16-14(18)8-7-13(15-16)20-2/h3-8,11,17H,9H2,1-2H3. The fourth-order valence-corrected chi connectivity index (χ4v) is 1.87. The number of aliphatic hydroxyl groups excluding tert-OH is 1. The van der Waals surface area contributed by atoms with E-state index < -0.39 is 6.10 Å². The van der Waals surface area contributed by atoms with Crippen LogP contribution < -0.4 is 15.0 Å². The summed E-state index contributed by atoms with van der Waals surface area (Å²) in [7, 11) is 3.00. The topological polar surface area (TPSA) is 73.6 Å². The summed E-state index contributed by atoms with van der Waals surface area (Å²) < 4.78 is 11.3. The quantitative estimate of drug-likeness (QED) is 0.881. The number of aromatic nitrogens is 2. The summed E-state index contributed by atoms with van der Waals surface area (Å²) in [4.78, 5) is 11.7. The van der Waals surface area contributed by atoms with Crippen LogP contribution in [0.1, 0.15) is 11.7 Å². The molecule has 2 aromatic rings. The molecule has 1 unspecified atom stereocenters. The van der Waals surface area contributed by atoms with Crippen LogP contribution in [0, 0.1) is 0 Å². The minimum Gasteiger partial charge on any atom is -0.496 e. The lowest BCUT2D eigenvalue weighted by Gasteiger charge is -2.15. The van der Waals surface area contributed by atoms with Crippen LogP contribution in [-0.4, -0.2) is 29.1 Å². The van der Waals surface area contributed by atoms with Crippen molar-refractivity contribution in [3.05, 3.63) is 52.3 Å². The van der Waals surface area contributed by atoms with E-state index in [0.29, 0.717) is 17.2 Å². The van der Waals surface area contributed by atoms with Gasteiger partial charge in [0.25, 0.3) is 5.56 Å². The summed E-state index contributed by atoms with van der Waals surface area (Å²) in [6.07, 6.45) is -0.900. The molecule has 0 radical (unpaired) electrons. The van der Waals surface area contributed by atoms with Gasteiger partial charge in [-0.2, -0.15) is 0 Å². The zero-order valence-corrected chi connectivity index (χ0v) is 11.3. The molecule has 0 saturated carbocycles. The highest BCUT2D eigenvalue weighted by Gasteiger charge is 2.15. The Hall–Kier alpha value is -2.34. The second kappa shape index (κ2) is 6.21. The predicted molar refractivity (Wildman–Crippen MR) is 73.0 cm³/mol. The fraction of sp³-hybridized carbons (Fsp3) is 0.286. The first-order chi connectivity index (χ1) is 9.65. The molecule has 1 atom stereocenters. The largest absolute Gasteiger partial charge is 0.496 e. The van der Waals surface area contributed by atoms with E-state index in [-0.39, 0.29) is 12.1 Å². The smallest absolute Gasteiger partial charge is 0.267 e. The highest BCUT2D eigenvalue weighted by molar-refractivity contribution is 5.34. The van der Waals surface area contributed by atoms with E-state index >= 15 is 0 Å². The molecule has 0 aliphatic rings. The van der Waals surface area contributed by atoms with Crippen molar-refractivity contribution in [2.45, 2.75) is 12.6 Å². The Labute approximate surface area is 116 Å². The monoisotopic (exact) mass is 276 g/mol. The van der Waals surface area contributed by atoms with E-state index in [9.17, 15) is 9.90 Å². The number of aliphatic hydroxyl groups is 1. The van der Waals surface area contributed by atoms with Gasteiger partial charge in [0, 0.05) is 17.7 Å². The number of para-hydroxylation sites is 1. The van der Waals surface area contributed by atoms with Crippen molar-refractivity contribution < 1.29 is 14.6 Å². The molecule has 6 heteroatoms. The van der Waals surface area contributed by atoms with Crippen molar-refractivity contribution in [3.63, 3.8) is 0 Å². The molecule has 20 heavy (non-hydrogen) atoms. The number of hydrogen-bond acceptors (Lipinski definition) is 5. The van der Waals surface area contributed by atoms with Gasteiger partial charge in [-0.1, -0.05) is 18.2 Å². The molecule has 1 N–H and O–H groups in total. The third kappa shape index (κ3) is 2.97. The fourth-order valence-electron chi connectivity index (χ4n) is 1.87. The lowest BCUT2D eigenvalue weighted by Crippen LogP contribution is -2.25. The number of hydrogen-bond donors (Lipinski definition) is 1. The van der Waals surface area contributed by atoms with Crippen LogP contribution in [0.25, 0.3) is 0 Å². The van der Waals surface area contributed by atoms with E-state index in [0.717, 1.165) is 4.68 Å². The third-order valence-electron chi connectivity index (χ3n) is 2.90. The van der Waals surface area contributed by atoms with E-state index in [1.807, 2.05) is 6.07 Å². The second-order valence-corrected chi connectivity index (χ2v) is 4.15. The van der Waals surface area contributed by atoms with Crippen LogP contribution in [0.3, 0.4) is 0 Å². The summed E-state index contributed by atoms with van der Waals surface area (Å²) in [5.41, 5.74) is 0.297. The van der Waals surface area contributed by atoms with Crippen molar-refractivity contribution in [2.24, 2.45) is 0 Å². The molecule has 0 aliphatic carbocycles. The van der Waals surface area contributed by atoms with Gasteiger partial charge in [0.1, 0.15) is 11.9 Å². The number of ether oxygens (including phenoxy) is 2. The van der Waals surface area contributed by atoms with Gasteiger partial charge in [0.05, 0.1) is 20.8 Å². The number of methoxy groups -OCH3 is 2. The van der Waals surface area contributed by atoms with Crippen molar-refractivity contribution in [1.29, 1.82) is 0 Å². The SMILES string of the molecule is COc1ccc(=O)n(CC(O)c2ccccc2OC)n1. The molecule has 1 aromatic carbocycles. The Morgan fingerprint density at radius 2 is 1.95 bits per heavy atom. The van der Waals surface area contributed by atoms with Crippen molar-refractivity contribution in [2.75, 3.05) is 14.2 Å². The van der Waals surface area contributed by atoms with E-state index in [2.05, 4.69) is 5.10 Å². The third-order valence-corrected chi connectivity index (χ3v) is 2.90. The van der Waals surface area contributed by atoms with Crippen LogP contribution in [0.5, 0.6) is 11.6 Å². The van der Waals surface area contributed by atoms with E-state index in [4.69, 9.17) is 9.47 Å². The van der Waals surface area contributed by atoms with E-state index in [1.165, 1.54) is 26.4 Å². The van der Waals surface area contributed by atoms with Crippen LogP contribution in [0.4, 0.5) is 0 Å². The molecule has 0 bridgehead atoms. The maximum Gasteiger partial charge on any atom is 0.267 e. The van der Waals surface area contributed by atoms with Gasteiger partial charge in [-0.3, -0.25) is 4.79 Å². The Balaban J connectivity index is 2.27. The van der Waals surface area contributed by atoms with Crippen LogP contribution in [0.15, 0.2) is 41.2 Å². The molecule has 106 valence electrons. The Morgan fingerprint density at radius 1 is 1.20 bits per heavy atom. The first kappa shape index (κ1) is 14.1. The molecule has 0 aliphatic heterocycles. The Kier molecular flexibility index (Phi) is 4.37. The van der Waals surface area contributed by atoms with Crippen molar-refractivity contribution in [3.8, 4) is 11.6 Å². The maximum absolute atomic E-state index is 11.7. The van der Waals surface area contributed by atoms with Gasteiger partial charge in [-0.25, -0.2) is 4.68 Å². The van der Waals surface area contributed by atoms with Gasteiger partial charge < -0.3 is 14.6 Å². The highest BCUT2D eigenvalue weighted by atomic mass is 16.5. The molecule has 1 heterocycles. The van der Waals surface area contributed by atoms with Crippen LogP contribution >= 0.6 is 0 Å². The molecule has 0 spiro atoms. The van der Waals surface area contributed by atoms with Crippen LogP contribution in [0.2, 0.25) is 0 Å². The molecule has 0 saturated heterocycles. The summed E-state index contributed by atoms with van der Waals surface area (Å²) in [5, 5.41) is 14.2. The predicted octanol–water partition coefficient (Wildman–Crippen LogP) is 0.994. The van der Waals surface area contributed by atoms with E-state index in [1.54, 1.807) is 18.2 Å². The Morgan fingerprint density at radius 3 is 2.65 bits per heavy atom. The normalized spacial score (nSPS) is 11.9. The molecule has 1 aromatic heterocycles. The van der Waals surface area contributed by atoms with Crippen LogP contribution in [-0.2, 0) is 6.54 Å². The average Bonchev–Trinajstić information content (AvgIpc) is 2.49. The first-order valence-corrected chi connectivity index (χ1v) is 6.09. The summed E-state index contributed by atoms with van der Waals surface area (Å²) in [6.45, 7) is 0.0242. The number of nitrogens with zero attached hydrogens (tertiary/aromatic N) is 2. The molecular formula is C14H16N2O4. The minimum atomic E-state index is -0.900. The molecule has 2 rings (SSSR count). The minimum absolute atomic E-state index is 0.0242. The van der Waals surface area contributed by atoms with Gasteiger partial charge in [-0.15, -0.1) is 5.10 Å². The van der Waals surface area contributed by atoms with Gasteiger partial charge >= 0.3 is 0 Å². The first-order valence-electron chi connectivity index (χ1n) is 6.09. The molecule has 6 nitrogen and oxygen atoms in total. The zero-order chi connectivity index (χ0) is 14.5. The highest BCUT2D eigenvalue weighted by Crippen LogP contribution is 2.25. The van der Waals surface area contributed by atoms with Crippen molar-refractivity contribution in [1.82, 2.24) is 9.78 Å². The molecule has 0 amide bonds. The van der Waals surface area contributed by atoms with Gasteiger partial charge in [-0.05, 0) is 6.07 Å². The molecular weight excluding hydrogens is 260 g/mol. The van der Waals surface area contributed by atoms with Gasteiger partial charge in [0.2, 0.25) is 5.88 Å². The number of rotatable bonds is 5. The summed E-state index contributed by atoms with van der Waals surface area (Å²) in [5.74, 6) is 0.882.